The molecule has 0 radical (unpaired) electrons. The predicted octanol–water partition coefficient (Wildman–Crippen LogP) is 5.70. The molecule has 0 aromatic heterocycles. The van der Waals surface area contributed by atoms with Crippen LogP contribution in [0.25, 0.3) is 0 Å². The summed E-state index contributed by atoms with van der Waals surface area (Å²) in [5, 5.41) is 6.09. The van der Waals surface area contributed by atoms with E-state index in [9.17, 15) is 14.4 Å². The molecule has 7 heteroatoms. The lowest BCUT2D eigenvalue weighted by Gasteiger charge is -2.17. The molecule has 6 nitrogen and oxygen atoms in total. The molecule has 1 aliphatic heterocycles. The van der Waals surface area contributed by atoms with E-state index in [1.807, 2.05) is 98.8 Å². The number of carbonyl (C=O) groups is 3. The number of nitrogens with one attached hydrogen (secondary N) is 2. The van der Waals surface area contributed by atoms with E-state index in [0.29, 0.717) is 30.0 Å². The molecule has 0 unspecified atom stereocenters. The van der Waals surface area contributed by atoms with Gasteiger partial charge in [0.15, 0.2) is 0 Å². The van der Waals surface area contributed by atoms with Gasteiger partial charge in [-0.15, -0.1) is 0 Å². The maximum absolute atomic E-state index is 13.3. The molecule has 1 heterocycles. The van der Waals surface area contributed by atoms with Crippen molar-refractivity contribution in [3.8, 4) is 0 Å². The zero-order chi connectivity index (χ0) is 25.5. The second kappa shape index (κ2) is 11.7. The third kappa shape index (κ3) is 6.43. The highest BCUT2D eigenvalue weighted by Gasteiger charge is 2.39. The topological polar surface area (TPSA) is 78.5 Å². The van der Waals surface area contributed by atoms with Crippen LogP contribution in [0.2, 0.25) is 0 Å². The lowest BCUT2D eigenvalue weighted by atomic mass is 10.1. The summed E-state index contributed by atoms with van der Waals surface area (Å²) in [5.74, 6) is -0.573. The first-order valence-electron chi connectivity index (χ1n) is 11.9. The van der Waals surface area contributed by atoms with E-state index in [1.54, 1.807) is 0 Å². The van der Waals surface area contributed by atoms with Gasteiger partial charge in [-0.2, -0.15) is 0 Å². The van der Waals surface area contributed by atoms with Gasteiger partial charge >= 0.3 is 0 Å². The van der Waals surface area contributed by atoms with Gasteiger partial charge in [0.2, 0.25) is 5.91 Å². The van der Waals surface area contributed by atoms with Crippen LogP contribution in [-0.2, 0) is 20.8 Å². The SMILES string of the molecule is CC(C)CN1C(=O)C(Nc2ccccc2)=C(Sc2cccc(NC(=O)CCc3ccccc3)c2)C1=O. The minimum Gasteiger partial charge on any atom is -0.350 e. The first-order chi connectivity index (χ1) is 17.4. The highest BCUT2D eigenvalue weighted by Crippen LogP contribution is 2.37. The van der Waals surface area contributed by atoms with Crippen LogP contribution >= 0.6 is 11.8 Å². The molecule has 0 aliphatic carbocycles. The van der Waals surface area contributed by atoms with Gasteiger partial charge in [-0.05, 0) is 48.2 Å². The molecule has 3 amide bonds. The Balaban J connectivity index is 1.50. The van der Waals surface area contributed by atoms with Crippen LogP contribution in [0.15, 0.2) is 100 Å². The smallest absolute Gasteiger partial charge is 0.278 e. The lowest BCUT2D eigenvalue weighted by molar-refractivity contribution is -0.137. The second-order valence-electron chi connectivity index (χ2n) is 8.97. The van der Waals surface area contributed by atoms with E-state index < -0.39 is 0 Å². The van der Waals surface area contributed by atoms with Gasteiger partial charge in [-0.3, -0.25) is 19.3 Å². The van der Waals surface area contributed by atoms with Crippen LogP contribution in [0.4, 0.5) is 11.4 Å². The molecule has 0 spiro atoms. The van der Waals surface area contributed by atoms with Crippen molar-refractivity contribution in [3.05, 3.63) is 101 Å². The Hall–Kier alpha value is -3.84. The van der Waals surface area contributed by atoms with Crippen molar-refractivity contribution in [1.29, 1.82) is 0 Å². The number of thioether (sulfide) groups is 1. The molecule has 36 heavy (non-hydrogen) atoms. The Morgan fingerprint density at radius 2 is 1.53 bits per heavy atom. The summed E-state index contributed by atoms with van der Waals surface area (Å²) in [6, 6.07) is 26.5. The quantitative estimate of drug-likeness (QED) is 0.350. The number of aryl methyl sites for hydroxylation is 1. The highest BCUT2D eigenvalue weighted by molar-refractivity contribution is 8.04. The molecule has 3 aromatic carbocycles. The van der Waals surface area contributed by atoms with Crippen molar-refractivity contribution in [2.45, 2.75) is 31.6 Å². The van der Waals surface area contributed by atoms with Gasteiger partial charge in [0.1, 0.15) is 10.6 Å². The van der Waals surface area contributed by atoms with Crippen LogP contribution in [-0.4, -0.2) is 29.2 Å². The van der Waals surface area contributed by atoms with Gasteiger partial charge in [0, 0.05) is 29.2 Å². The normalized spacial score (nSPS) is 13.5. The molecule has 0 fully saturated rings. The summed E-state index contributed by atoms with van der Waals surface area (Å²) in [5.41, 5.74) is 2.76. The average molecular weight is 500 g/mol. The number of imide groups is 1. The van der Waals surface area contributed by atoms with E-state index in [-0.39, 0.29) is 29.3 Å². The van der Waals surface area contributed by atoms with E-state index in [4.69, 9.17) is 0 Å². The number of nitrogens with zero attached hydrogens (tertiary/aromatic N) is 1. The number of benzene rings is 3. The summed E-state index contributed by atoms with van der Waals surface area (Å²) in [4.78, 5) is 41.3. The third-order valence-electron chi connectivity index (χ3n) is 5.54. The molecule has 2 N–H and O–H groups in total. The van der Waals surface area contributed by atoms with Crippen LogP contribution in [0.1, 0.15) is 25.8 Å². The average Bonchev–Trinajstić information content (AvgIpc) is 3.08. The van der Waals surface area contributed by atoms with Crippen LogP contribution < -0.4 is 10.6 Å². The van der Waals surface area contributed by atoms with Crippen LogP contribution in [0, 0.1) is 5.92 Å². The molecule has 1 aliphatic rings. The fourth-order valence-electron chi connectivity index (χ4n) is 3.84. The standard InChI is InChI=1S/C29H29N3O3S/c1-20(2)19-32-28(34)26(31-22-12-7-4-8-13-22)27(29(32)35)36-24-15-9-14-23(18-24)30-25(33)17-16-21-10-5-3-6-11-21/h3-15,18,20,31H,16-17,19H2,1-2H3,(H,30,33). The molecular weight excluding hydrogens is 470 g/mol. The summed E-state index contributed by atoms with van der Waals surface area (Å²) < 4.78 is 0. The molecule has 0 atom stereocenters. The fourth-order valence-corrected chi connectivity index (χ4v) is 4.84. The van der Waals surface area contributed by atoms with Crippen LogP contribution in [0.5, 0.6) is 0 Å². The lowest BCUT2D eigenvalue weighted by Crippen LogP contribution is -2.35. The second-order valence-corrected chi connectivity index (χ2v) is 10.1. The predicted molar refractivity (Wildman–Crippen MR) is 144 cm³/mol. The third-order valence-corrected chi connectivity index (χ3v) is 6.61. The number of hydrogen-bond acceptors (Lipinski definition) is 5. The van der Waals surface area contributed by atoms with Crippen LogP contribution in [0.3, 0.4) is 0 Å². The van der Waals surface area contributed by atoms with Gasteiger partial charge in [0.25, 0.3) is 11.8 Å². The molecule has 0 saturated heterocycles. The minimum absolute atomic E-state index is 0.0816. The van der Waals surface area contributed by atoms with Crippen molar-refractivity contribution >= 4 is 40.9 Å². The Labute approximate surface area is 215 Å². The van der Waals surface area contributed by atoms with Crippen molar-refractivity contribution in [1.82, 2.24) is 4.90 Å². The first kappa shape index (κ1) is 25.3. The van der Waals surface area contributed by atoms with Crippen molar-refractivity contribution in [2.75, 3.05) is 17.2 Å². The molecule has 3 aromatic rings. The molecule has 184 valence electrons. The number of amides is 3. The maximum atomic E-state index is 13.3. The number of carbonyl (C=O) groups excluding carboxylic acids is 3. The number of anilines is 2. The molecule has 0 bridgehead atoms. The number of para-hydroxylation sites is 1. The fraction of sp³-hybridized carbons (Fsp3) is 0.207. The van der Waals surface area contributed by atoms with E-state index in [0.717, 1.165) is 16.1 Å². The van der Waals surface area contributed by atoms with Crippen molar-refractivity contribution in [2.24, 2.45) is 5.92 Å². The minimum atomic E-state index is -0.328. The zero-order valence-corrected chi connectivity index (χ0v) is 21.2. The van der Waals surface area contributed by atoms with Gasteiger partial charge in [-0.1, -0.05) is 80.2 Å². The maximum Gasteiger partial charge on any atom is 0.278 e. The molecule has 0 saturated carbocycles. The number of hydrogen-bond donors (Lipinski definition) is 2. The van der Waals surface area contributed by atoms with Gasteiger partial charge in [0.05, 0.1) is 0 Å². The Bertz CT molecular complexity index is 1270. The zero-order valence-electron chi connectivity index (χ0n) is 20.4. The summed E-state index contributed by atoms with van der Waals surface area (Å²) in [7, 11) is 0. The number of rotatable bonds is 10. The Morgan fingerprint density at radius 1 is 0.861 bits per heavy atom. The Kier molecular flexibility index (Phi) is 8.23. The molecular formula is C29H29N3O3S. The highest BCUT2D eigenvalue weighted by atomic mass is 32.2. The van der Waals surface area contributed by atoms with E-state index >= 15 is 0 Å². The first-order valence-corrected chi connectivity index (χ1v) is 12.8. The Morgan fingerprint density at radius 3 is 2.22 bits per heavy atom. The van der Waals surface area contributed by atoms with Gasteiger partial charge < -0.3 is 10.6 Å². The van der Waals surface area contributed by atoms with Crippen molar-refractivity contribution in [3.63, 3.8) is 0 Å². The van der Waals surface area contributed by atoms with E-state index in [1.165, 1.54) is 16.7 Å². The monoisotopic (exact) mass is 499 g/mol. The van der Waals surface area contributed by atoms with Gasteiger partial charge in [-0.25, -0.2) is 0 Å². The largest absolute Gasteiger partial charge is 0.350 e. The summed E-state index contributed by atoms with van der Waals surface area (Å²) >= 11 is 1.23. The van der Waals surface area contributed by atoms with Crippen molar-refractivity contribution < 1.29 is 14.4 Å². The molecule has 4 rings (SSSR count). The summed E-state index contributed by atoms with van der Waals surface area (Å²) in [6.07, 6.45) is 1.03. The summed E-state index contributed by atoms with van der Waals surface area (Å²) in [6.45, 7) is 4.29. The van der Waals surface area contributed by atoms with E-state index in [2.05, 4.69) is 10.6 Å².